The third kappa shape index (κ3) is 5.02. The molecular weight excluding hydrogens is 314 g/mol. The predicted octanol–water partition coefficient (Wildman–Crippen LogP) is 0.487. The topological polar surface area (TPSA) is 92.5 Å². The van der Waals surface area contributed by atoms with E-state index in [2.05, 4.69) is 5.32 Å². The molecule has 1 amide bonds. The van der Waals surface area contributed by atoms with Gasteiger partial charge in [0.05, 0.1) is 11.8 Å². The van der Waals surface area contributed by atoms with E-state index < -0.39 is 16.1 Å². The Morgan fingerprint density at radius 2 is 1.91 bits per heavy atom. The molecule has 0 aliphatic carbocycles. The van der Waals surface area contributed by atoms with Crippen molar-refractivity contribution in [1.29, 1.82) is 0 Å². The van der Waals surface area contributed by atoms with Crippen LogP contribution in [0.15, 0.2) is 30.3 Å². The first kappa shape index (κ1) is 17.9. The molecule has 1 saturated heterocycles. The Kier molecular flexibility index (Phi) is 6.15. The van der Waals surface area contributed by atoms with Crippen molar-refractivity contribution in [2.45, 2.75) is 38.3 Å². The molecule has 0 unspecified atom stereocenters. The van der Waals surface area contributed by atoms with Gasteiger partial charge < -0.3 is 11.1 Å². The third-order valence-corrected chi connectivity index (χ3v) is 6.08. The van der Waals surface area contributed by atoms with Gasteiger partial charge in [-0.25, -0.2) is 12.7 Å². The lowest BCUT2D eigenvalue weighted by atomic mass is 10.0. The van der Waals surface area contributed by atoms with Gasteiger partial charge in [-0.3, -0.25) is 4.79 Å². The average Bonchev–Trinajstić information content (AvgIpc) is 2.56. The molecule has 1 fully saturated rings. The molecule has 0 bridgehead atoms. The molecule has 6 nitrogen and oxygen atoms in total. The van der Waals surface area contributed by atoms with Crippen LogP contribution in [0.3, 0.4) is 0 Å². The summed E-state index contributed by atoms with van der Waals surface area (Å²) in [6, 6.07) is 9.06. The van der Waals surface area contributed by atoms with Crippen molar-refractivity contribution in [2.24, 2.45) is 5.73 Å². The molecule has 0 aromatic heterocycles. The van der Waals surface area contributed by atoms with Crippen molar-refractivity contribution in [2.75, 3.05) is 18.8 Å². The molecule has 0 spiro atoms. The summed E-state index contributed by atoms with van der Waals surface area (Å²) in [5, 5.41) is 2.94. The number of amides is 1. The zero-order valence-electron chi connectivity index (χ0n) is 13.4. The fraction of sp³-hybridized carbons (Fsp3) is 0.562. The Morgan fingerprint density at radius 3 is 2.48 bits per heavy atom. The molecule has 1 aromatic rings. The van der Waals surface area contributed by atoms with E-state index in [1.54, 1.807) is 6.92 Å². The van der Waals surface area contributed by atoms with Crippen LogP contribution in [-0.4, -0.2) is 49.6 Å². The minimum Gasteiger partial charge on any atom is -0.352 e. The molecule has 3 N–H and O–H groups in total. The van der Waals surface area contributed by atoms with Crippen molar-refractivity contribution >= 4 is 15.9 Å². The van der Waals surface area contributed by atoms with E-state index in [0.717, 1.165) is 5.56 Å². The van der Waals surface area contributed by atoms with Crippen molar-refractivity contribution in [1.82, 2.24) is 9.62 Å². The summed E-state index contributed by atoms with van der Waals surface area (Å²) >= 11 is 0. The van der Waals surface area contributed by atoms with Crippen LogP contribution in [-0.2, 0) is 21.2 Å². The second-order valence-corrected chi connectivity index (χ2v) is 8.14. The van der Waals surface area contributed by atoms with Crippen LogP contribution in [0.1, 0.15) is 25.3 Å². The monoisotopic (exact) mass is 339 g/mol. The Hall–Kier alpha value is -1.44. The minimum atomic E-state index is -3.13. The molecule has 1 heterocycles. The second kappa shape index (κ2) is 7.90. The number of sulfonamides is 1. The summed E-state index contributed by atoms with van der Waals surface area (Å²) < 4.78 is 25.1. The molecule has 128 valence electrons. The molecule has 7 heteroatoms. The number of benzene rings is 1. The van der Waals surface area contributed by atoms with Crippen LogP contribution in [0.2, 0.25) is 0 Å². The van der Waals surface area contributed by atoms with Crippen molar-refractivity contribution < 1.29 is 13.2 Å². The predicted molar refractivity (Wildman–Crippen MR) is 90.3 cm³/mol. The van der Waals surface area contributed by atoms with Crippen molar-refractivity contribution in [3.63, 3.8) is 0 Å². The molecule has 0 saturated carbocycles. The summed E-state index contributed by atoms with van der Waals surface area (Å²) in [7, 11) is -3.13. The van der Waals surface area contributed by atoms with E-state index in [-0.39, 0.29) is 17.7 Å². The highest BCUT2D eigenvalue weighted by atomic mass is 32.2. The third-order valence-electron chi connectivity index (χ3n) is 4.19. The van der Waals surface area contributed by atoms with Crippen LogP contribution in [0.4, 0.5) is 0 Å². The fourth-order valence-corrected chi connectivity index (χ4v) is 3.86. The van der Waals surface area contributed by atoms with Gasteiger partial charge in [-0.1, -0.05) is 30.3 Å². The molecule has 1 aromatic carbocycles. The Morgan fingerprint density at radius 1 is 1.30 bits per heavy atom. The number of carbonyl (C=O) groups excluding carboxylic acids is 1. The lowest BCUT2D eigenvalue weighted by Gasteiger charge is -2.31. The van der Waals surface area contributed by atoms with E-state index in [4.69, 9.17) is 5.73 Å². The highest BCUT2D eigenvalue weighted by Crippen LogP contribution is 2.14. The molecule has 2 rings (SSSR count). The summed E-state index contributed by atoms with van der Waals surface area (Å²) in [6.07, 6.45) is 1.75. The van der Waals surface area contributed by atoms with E-state index in [1.807, 2.05) is 30.3 Å². The minimum absolute atomic E-state index is 0.00682. The van der Waals surface area contributed by atoms with E-state index in [0.29, 0.717) is 32.4 Å². The maximum Gasteiger partial charge on any atom is 0.237 e. The van der Waals surface area contributed by atoms with Crippen LogP contribution >= 0.6 is 0 Å². The lowest BCUT2D eigenvalue weighted by molar-refractivity contribution is -0.123. The lowest BCUT2D eigenvalue weighted by Crippen LogP contribution is -2.51. The number of piperidine rings is 1. The van der Waals surface area contributed by atoms with E-state index >= 15 is 0 Å². The largest absolute Gasteiger partial charge is 0.352 e. The summed E-state index contributed by atoms with van der Waals surface area (Å²) in [5.74, 6) is -0.0583. The number of rotatable bonds is 6. The van der Waals surface area contributed by atoms with Crippen LogP contribution in [0.25, 0.3) is 0 Å². The van der Waals surface area contributed by atoms with Crippen molar-refractivity contribution in [3.8, 4) is 0 Å². The SMILES string of the molecule is CCS(=O)(=O)N1CCC(NC(=O)[C@@H](N)Cc2ccccc2)CC1. The van der Waals surface area contributed by atoms with Crippen LogP contribution in [0.5, 0.6) is 0 Å². The first-order valence-corrected chi connectivity index (χ1v) is 9.61. The van der Waals surface area contributed by atoms with Gasteiger partial charge in [0.25, 0.3) is 0 Å². The molecule has 1 atom stereocenters. The van der Waals surface area contributed by atoms with Gasteiger partial charge in [-0.2, -0.15) is 0 Å². The Balaban J connectivity index is 1.80. The maximum atomic E-state index is 12.2. The normalized spacial score (nSPS) is 18.5. The van der Waals surface area contributed by atoms with Gasteiger partial charge in [-0.05, 0) is 31.7 Å². The number of nitrogens with two attached hydrogens (primary N) is 1. The Bertz CT molecular complexity index is 611. The zero-order valence-corrected chi connectivity index (χ0v) is 14.3. The summed E-state index contributed by atoms with van der Waals surface area (Å²) in [4.78, 5) is 12.2. The molecule has 0 radical (unpaired) electrons. The van der Waals surface area contributed by atoms with Crippen LogP contribution in [0, 0.1) is 0 Å². The highest BCUT2D eigenvalue weighted by molar-refractivity contribution is 7.89. The molecule has 1 aliphatic heterocycles. The first-order chi connectivity index (χ1) is 10.9. The van der Waals surface area contributed by atoms with Gasteiger partial charge in [-0.15, -0.1) is 0 Å². The average molecular weight is 339 g/mol. The van der Waals surface area contributed by atoms with Crippen LogP contribution < -0.4 is 11.1 Å². The first-order valence-electron chi connectivity index (χ1n) is 8.00. The van der Waals surface area contributed by atoms with Gasteiger partial charge >= 0.3 is 0 Å². The smallest absolute Gasteiger partial charge is 0.237 e. The number of nitrogens with zero attached hydrogens (tertiary/aromatic N) is 1. The molecule has 23 heavy (non-hydrogen) atoms. The molecular formula is C16H25N3O3S. The zero-order chi connectivity index (χ0) is 16.9. The number of hydrogen-bond acceptors (Lipinski definition) is 4. The Labute approximate surface area is 138 Å². The summed E-state index contributed by atoms with van der Waals surface area (Å²) in [5.41, 5.74) is 6.99. The quantitative estimate of drug-likeness (QED) is 0.789. The van der Waals surface area contributed by atoms with Gasteiger partial charge in [0.1, 0.15) is 0 Å². The molecule has 1 aliphatic rings. The summed E-state index contributed by atoms with van der Waals surface area (Å²) in [6.45, 7) is 2.55. The number of hydrogen-bond donors (Lipinski definition) is 2. The van der Waals surface area contributed by atoms with Gasteiger partial charge in [0.2, 0.25) is 15.9 Å². The maximum absolute atomic E-state index is 12.2. The highest BCUT2D eigenvalue weighted by Gasteiger charge is 2.28. The fourth-order valence-electron chi connectivity index (χ4n) is 2.73. The van der Waals surface area contributed by atoms with Gasteiger partial charge in [0.15, 0.2) is 0 Å². The number of carbonyl (C=O) groups is 1. The second-order valence-electron chi connectivity index (χ2n) is 5.88. The standard InChI is InChI=1S/C16H25N3O3S/c1-2-23(21,22)19-10-8-14(9-11-19)18-16(20)15(17)12-13-6-4-3-5-7-13/h3-7,14-15H,2,8-12,17H2,1H3,(H,18,20)/t15-/m0/s1. The van der Waals surface area contributed by atoms with Gasteiger partial charge in [0, 0.05) is 19.1 Å². The van der Waals surface area contributed by atoms with E-state index in [1.165, 1.54) is 4.31 Å². The van der Waals surface area contributed by atoms with Crippen molar-refractivity contribution in [3.05, 3.63) is 35.9 Å². The van der Waals surface area contributed by atoms with E-state index in [9.17, 15) is 13.2 Å². The number of nitrogens with one attached hydrogen (secondary N) is 1.